The van der Waals surface area contributed by atoms with Crippen LogP contribution in [0.4, 0.5) is 22.2 Å². The highest BCUT2D eigenvalue weighted by Crippen LogP contribution is 2.31. The lowest BCUT2D eigenvalue weighted by Gasteiger charge is -2.16. The van der Waals surface area contributed by atoms with Crippen molar-refractivity contribution < 1.29 is 18.8 Å². The monoisotopic (exact) mass is 475 g/mol. The molecule has 1 amide bonds. The van der Waals surface area contributed by atoms with Gasteiger partial charge >= 0.3 is 6.09 Å². The number of hydrogen-bond donors (Lipinski definition) is 3. The third-order valence-electron chi connectivity index (χ3n) is 4.28. The lowest BCUT2D eigenvalue weighted by atomic mass is 10.2. The fourth-order valence-corrected chi connectivity index (χ4v) is 4.58. The van der Waals surface area contributed by atoms with Gasteiger partial charge < -0.3 is 20.5 Å². The molecule has 2 aromatic heterocycles. The molecule has 1 aromatic carbocycles. The van der Waals surface area contributed by atoms with Crippen LogP contribution in [0.25, 0.3) is 10.4 Å². The van der Waals surface area contributed by atoms with Crippen LogP contribution in [0.1, 0.15) is 13.8 Å². The van der Waals surface area contributed by atoms with Crippen molar-refractivity contribution in [2.75, 3.05) is 30.1 Å². The first-order chi connectivity index (χ1) is 15.3. The van der Waals surface area contributed by atoms with Crippen LogP contribution in [0, 0.1) is 0 Å². The SMILES string of the molecule is CCOC(=O)N=[S@](C)(=O)c1cccc(Nc2ncc(-c3cccs3)c(N[C@H](C)CO)n2)c1. The summed E-state index contributed by atoms with van der Waals surface area (Å²) in [4.78, 5) is 22.0. The third kappa shape index (κ3) is 6.02. The number of thiophene rings is 1. The summed E-state index contributed by atoms with van der Waals surface area (Å²) in [5, 5.41) is 17.7. The summed E-state index contributed by atoms with van der Waals surface area (Å²) in [5.74, 6) is 0.902. The number of carbonyl (C=O) groups is 1. The minimum absolute atomic E-state index is 0.0481. The zero-order chi connectivity index (χ0) is 23.1. The van der Waals surface area contributed by atoms with Gasteiger partial charge in [0.15, 0.2) is 0 Å². The maximum absolute atomic E-state index is 12.9. The quantitative estimate of drug-likeness (QED) is 0.439. The molecule has 3 rings (SSSR count). The number of hydrogen-bond acceptors (Lipinski definition) is 9. The van der Waals surface area contributed by atoms with E-state index in [1.807, 2.05) is 24.4 Å². The molecule has 0 bridgehead atoms. The average molecular weight is 476 g/mol. The van der Waals surface area contributed by atoms with Crippen LogP contribution in [0.2, 0.25) is 0 Å². The summed E-state index contributed by atoms with van der Waals surface area (Å²) in [6.07, 6.45) is 2.23. The topological polar surface area (TPSA) is 126 Å². The van der Waals surface area contributed by atoms with Gasteiger partial charge in [-0.05, 0) is 43.5 Å². The molecule has 0 spiro atoms. The van der Waals surface area contributed by atoms with Crippen molar-refractivity contribution in [3.63, 3.8) is 0 Å². The van der Waals surface area contributed by atoms with Gasteiger partial charge in [0.05, 0.1) is 28.5 Å². The first-order valence-electron chi connectivity index (χ1n) is 9.86. The van der Waals surface area contributed by atoms with Crippen LogP contribution in [0.15, 0.2) is 57.2 Å². The number of aliphatic hydroxyl groups is 1. The van der Waals surface area contributed by atoms with Crippen molar-refractivity contribution >= 4 is 44.6 Å². The molecule has 0 saturated heterocycles. The zero-order valence-corrected chi connectivity index (χ0v) is 19.6. The van der Waals surface area contributed by atoms with Gasteiger partial charge in [0.2, 0.25) is 5.95 Å². The van der Waals surface area contributed by atoms with E-state index in [1.165, 1.54) is 6.26 Å². The Labute approximate surface area is 191 Å². The maximum atomic E-state index is 12.9. The van der Waals surface area contributed by atoms with Crippen LogP contribution in [-0.2, 0) is 14.5 Å². The summed E-state index contributed by atoms with van der Waals surface area (Å²) >= 11 is 1.56. The number of benzene rings is 1. The second kappa shape index (κ2) is 10.5. The summed E-state index contributed by atoms with van der Waals surface area (Å²) in [6.45, 7) is 3.61. The van der Waals surface area contributed by atoms with Crippen molar-refractivity contribution in [1.82, 2.24) is 9.97 Å². The summed E-state index contributed by atoms with van der Waals surface area (Å²) in [6, 6.07) is 10.4. The Bertz CT molecular complexity index is 1190. The van der Waals surface area contributed by atoms with Gasteiger partial charge in [0, 0.05) is 34.0 Å². The lowest BCUT2D eigenvalue weighted by molar-refractivity contribution is 0.164. The molecule has 2 heterocycles. The normalized spacial score (nSPS) is 13.6. The Balaban J connectivity index is 1.90. The van der Waals surface area contributed by atoms with E-state index in [4.69, 9.17) is 4.74 Å². The maximum Gasteiger partial charge on any atom is 0.442 e. The van der Waals surface area contributed by atoms with Crippen molar-refractivity contribution in [2.45, 2.75) is 24.8 Å². The van der Waals surface area contributed by atoms with Crippen LogP contribution in [0.3, 0.4) is 0 Å². The van der Waals surface area contributed by atoms with E-state index in [2.05, 4.69) is 25.0 Å². The molecule has 3 N–H and O–H groups in total. The Kier molecular flexibility index (Phi) is 7.78. The van der Waals surface area contributed by atoms with Crippen LogP contribution in [-0.4, -0.2) is 50.9 Å². The summed E-state index contributed by atoms with van der Waals surface area (Å²) in [5.41, 5.74) is 1.41. The molecular formula is C21H25N5O4S2. The number of aliphatic hydroxyl groups excluding tert-OH is 1. The molecular weight excluding hydrogens is 450 g/mol. The molecule has 170 valence electrons. The molecule has 0 aliphatic rings. The zero-order valence-electron chi connectivity index (χ0n) is 17.9. The van der Waals surface area contributed by atoms with Gasteiger partial charge in [-0.2, -0.15) is 4.98 Å². The van der Waals surface area contributed by atoms with Gasteiger partial charge in [-0.25, -0.2) is 14.0 Å². The molecule has 0 saturated carbocycles. The van der Waals surface area contributed by atoms with E-state index in [-0.39, 0.29) is 19.3 Å². The molecule has 32 heavy (non-hydrogen) atoms. The first-order valence-corrected chi connectivity index (χ1v) is 12.7. The number of nitrogens with zero attached hydrogens (tertiary/aromatic N) is 3. The van der Waals surface area contributed by atoms with E-state index < -0.39 is 15.8 Å². The summed E-state index contributed by atoms with van der Waals surface area (Å²) < 4.78 is 21.4. The standard InChI is InChI=1S/C21H25N5O4S2/c1-4-30-21(28)26-32(3,29)16-8-5-7-15(11-16)24-20-22-12-17(18-9-6-10-31-18)19(25-20)23-14(2)13-27/h5-12,14,27H,4,13H2,1-3H3,(H2,22,23,24,25)/t14-,32-/m1/s1. The van der Waals surface area contributed by atoms with E-state index in [9.17, 15) is 14.1 Å². The Morgan fingerprint density at radius 3 is 2.84 bits per heavy atom. The van der Waals surface area contributed by atoms with E-state index in [0.29, 0.717) is 22.3 Å². The predicted octanol–water partition coefficient (Wildman–Crippen LogP) is 4.35. The molecule has 0 radical (unpaired) electrons. The molecule has 0 fully saturated rings. The number of amides is 1. The fraction of sp³-hybridized carbons (Fsp3) is 0.286. The van der Waals surface area contributed by atoms with Gasteiger partial charge in [-0.3, -0.25) is 0 Å². The number of carbonyl (C=O) groups excluding carboxylic acids is 1. The molecule has 0 aliphatic heterocycles. The third-order valence-corrected chi connectivity index (χ3v) is 6.81. The van der Waals surface area contributed by atoms with Crippen molar-refractivity contribution in [2.24, 2.45) is 4.36 Å². The highest BCUT2D eigenvalue weighted by Gasteiger charge is 2.14. The van der Waals surface area contributed by atoms with E-state index in [0.717, 1.165) is 10.4 Å². The van der Waals surface area contributed by atoms with Crippen LogP contribution >= 0.6 is 11.3 Å². The molecule has 3 aromatic rings. The number of rotatable bonds is 8. The van der Waals surface area contributed by atoms with Gasteiger partial charge in [-0.15, -0.1) is 15.7 Å². The Morgan fingerprint density at radius 2 is 2.16 bits per heavy atom. The van der Waals surface area contributed by atoms with E-state index in [1.54, 1.807) is 48.7 Å². The smallest absolute Gasteiger partial charge is 0.442 e. The van der Waals surface area contributed by atoms with Crippen molar-refractivity contribution in [1.29, 1.82) is 0 Å². The number of aromatic nitrogens is 2. The minimum atomic E-state index is -2.98. The van der Waals surface area contributed by atoms with Gasteiger partial charge in [0.25, 0.3) is 0 Å². The molecule has 2 atom stereocenters. The Morgan fingerprint density at radius 1 is 1.34 bits per heavy atom. The number of anilines is 3. The van der Waals surface area contributed by atoms with Crippen molar-refractivity contribution in [3.05, 3.63) is 48.0 Å². The predicted molar refractivity (Wildman–Crippen MR) is 127 cm³/mol. The van der Waals surface area contributed by atoms with Crippen molar-refractivity contribution in [3.8, 4) is 10.4 Å². The highest BCUT2D eigenvalue weighted by atomic mass is 32.2. The number of nitrogens with one attached hydrogen (secondary N) is 2. The molecule has 0 unspecified atom stereocenters. The highest BCUT2D eigenvalue weighted by molar-refractivity contribution is 7.93. The van der Waals surface area contributed by atoms with Crippen LogP contribution < -0.4 is 10.6 Å². The van der Waals surface area contributed by atoms with Gasteiger partial charge in [-0.1, -0.05) is 12.1 Å². The van der Waals surface area contributed by atoms with Crippen LogP contribution in [0.5, 0.6) is 0 Å². The lowest BCUT2D eigenvalue weighted by Crippen LogP contribution is -2.21. The largest absolute Gasteiger partial charge is 0.448 e. The summed E-state index contributed by atoms with van der Waals surface area (Å²) in [7, 11) is -2.98. The number of ether oxygens (including phenoxy) is 1. The molecule has 11 heteroatoms. The second-order valence-electron chi connectivity index (χ2n) is 6.91. The minimum Gasteiger partial charge on any atom is -0.448 e. The average Bonchev–Trinajstić information content (AvgIpc) is 3.28. The molecule has 0 aliphatic carbocycles. The fourth-order valence-electron chi connectivity index (χ4n) is 2.73. The van der Waals surface area contributed by atoms with Gasteiger partial charge in [0.1, 0.15) is 5.82 Å². The second-order valence-corrected chi connectivity index (χ2v) is 10.1. The van der Waals surface area contributed by atoms with E-state index >= 15 is 0 Å². The molecule has 9 nitrogen and oxygen atoms in total. The first kappa shape index (κ1) is 23.6. The Hall–Kier alpha value is -3.02.